The highest BCUT2D eigenvalue weighted by molar-refractivity contribution is 6.24. The zero-order valence-corrected chi connectivity index (χ0v) is 11.6. The monoisotopic (exact) mass is 287 g/mol. The van der Waals surface area contributed by atoms with E-state index in [1.54, 1.807) is 24.3 Å². The number of carboxylic acid groups (broad SMARTS) is 1. The number of fused-ring (bicyclic) bond motifs is 1. The number of ketones is 2. The van der Waals surface area contributed by atoms with Crippen LogP contribution in [-0.2, 0) is 4.79 Å². The predicted octanol–water partition coefficient (Wildman–Crippen LogP) is 2.18. The van der Waals surface area contributed by atoms with Crippen LogP contribution in [0.5, 0.6) is 0 Å². The molecular weight excluding hydrogens is 270 g/mol. The number of aliphatic carboxylic acids is 1. The molecule has 0 radical (unpaired) electrons. The Morgan fingerprint density at radius 3 is 2.48 bits per heavy atom. The maximum Gasteiger partial charge on any atom is 0.303 e. The van der Waals surface area contributed by atoms with E-state index in [2.05, 4.69) is 5.32 Å². The first-order valence-electron chi connectivity index (χ1n) is 6.95. The van der Waals surface area contributed by atoms with Gasteiger partial charge < -0.3 is 10.4 Å². The third kappa shape index (κ3) is 3.78. The van der Waals surface area contributed by atoms with Crippen LogP contribution in [0.25, 0.3) is 0 Å². The number of benzene rings is 1. The Morgan fingerprint density at radius 2 is 1.76 bits per heavy atom. The van der Waals surface area contributed by atoms with E-state index in [1.807, 2.05) is 0 Å². The Bertz CT molecular complexity index is 604. The fourth-order valence-corrected chi connectivity index (χ4v) is 2.25. The van der Waals surface area contributed by atoms with Gasteiger partial charge in [0, 0.05) is 30.2 Å². The van der Waals surface area contributed by atoms with Crippen molar-refractivity contribution in [2.75, 3.05) is 6.54 Å². The second kappa shape index (κ2) is 6.83. The quantitative estimate of drug-likeness (QED) is 0.751. The molecule has 5 nitrogen and oxygen atoms in total. The molecule has 0 saturated heterocycles. The van der Waals surface area contributed by atoms with E-state index in [1.165, 1.54) is 6.08 Å². The van der Waals surface area contributed by atoms with Gasteiger partial charge in [-0.1, -0.05) is 30.7 Å². The molecular formula is C16H17NO4. The minimum Gasteiger partial charge on any atom is -0.481 e. The minimum absolute atomic E-state index is 0.160. The van der Waals surface area contributed by atoms with Crippen LogP contribution in [-0.4, -0.2) is 29.2 Å². The van der Waals surface area contributed by atoms with E-state index in [-0.39, 0.29) is 18.0 Å². The Hall–Kier alpha value is -2.43. The molecule has 110 valence electrons. The van der Waals surface area contributed by atoms with Crippen molar-refractivity contribution in [3.63, 3.8) is 0 Å². The summed E-state index contributed by atoms with van der Waals surface area (Å²) in [5.41, 5.74) is 1.19. The summed E-state index contributed by atoms with van der Waals surface area (Å²) >= 11 is 0. The molecule has 0 unspecified atom stereocenters. The maximum atomic E-state index is 12.2. The molecule has 21 heavy (non-hydrogen) atoms. The van der Waals surface area contributed by atoms with Crippen molar-refractivity contribution in [2.24, 2.45) is 0 Å². The molecule has 0 bridgehead atoms. The molecule has 0 saturated carbocycles. The van der Waals surface area contributed by atoms with E-state index in [9.17, 15) is 14.4 Å². The van der Waals surface area contributed by atoms with E-state index >= 15 is 0 Å². The molecule has 0 spiro atoms. The van der Waals surface area contributed by atoms with Gasteiger partial charge in [-0.3, -0.25) is 14.4 Å². The standard InChI is InChI=1S/C16H17NO4/c18-14-10-13(17-9-5-1-2-8-15(19)20)16(21)12-7-4-3-6-11(12)14/h3-4,6-7,10,17H,1-2,5,8-9H2,(H,19,20). The molecule has 0 amide bonds. The number of carbonyl (C=O) groups is 3. The first kappa shape index (κ1) is 15.0. The molecule has 2 rings (SSSR count). The summed E-state index contributed by atoms with van der Waals surface area (Å²) in [6.07, 6.45) is 3.64. The van der Waals surface area contributed by atoms with Crippen molar-refractivity contribution >= 4 is 17.5 Å². The van der Waals surface area contributed by atoms with Gasteiger partial charge in [0.1, 0.15) is 0 Å². The predicted molar refractivity (Wildman–Crippen MR) is 77.3 cm³/mol. The second-order valence-electron chi connectivity index (χ2n) is 4.93. The van der Waals surface area contributed by atoms with Crippen LogP contribution in [0.2, 0.25) is 0 Å². The topological polar surface area (TPSA) is 83.5 Å². The lowest BCUT2D eigenvalue weighted by Gasteiger charge is -2.16. The van der Waals surface area contributed by atoms with E-state index in [4.69, 9.17) is 5.11 Å². The van der Waals surface area contributed by atoms with E-state index < -0.39 is 5.97 Å². The number of hydrogen-bond donors (Lipinski definition) is 2. The number of nitrogens with one attached hydrogen (secondary N) is 1. The van der Waals surface area contributed by atoms with Gasteiger partial charge in [-0.15, -0.1) is 0 Å². The number of hydrogen-bond acceptors (Lipinski definition) is 4. The second-order valence-corrected chi connectivity index (χ2v) is 4.93. The number of carbonyl (C=O) groups excluding carboxylic acids is 2. The van der Waals surface area contributed by atoms with Gasteiger partial charge in [-0.25, -0.2) is 0 Å². The smallest absolute Gasteiger partial charge is 0.303 e. The lowest BCUT2D eigenvalue weighted by atomic mass is 9.93. The van der Waals surface area contributed by atoms with Crippen molar-refractivity contribution in [3.8, 4) is 0 Å². The lowest BCUT2D eigenvalue weighted by molar-refractivity contribution is -0.137. The van der Waals surface area contributed by atoms with Gasteiger partial charge in [-0.05, 0) is 12.8 Å². The van der Waals surface area contributed by atoms with Crippen molar-refractivity contribution < 1.29 is 19.5 Å². The first-order valence-corrected chi connectivity index (χ1v) is 6.95. The van der Waals surface area contributed by atoms with E-state index in [0.717, 1.165) is 12.8 Å². The van der Waals surface area contributed by atoms with Crippen LogP contribution < -0.4 is 5.32 Å². The number of Topliss-reactive ketones (excluding diaryl/α,β-unsaturated/α-hetero) is 1. The average molecular weight is 287 g/mol. The molecule has 0 aromatic heterocycles. The third-order valence-electron chi connectivity index (χ3n) is 3.34. The minimum atomic E-state index is -0.796. The molecule has 0 heterocycles. The zero-order valence-electron chi connectivity index (χ0n) is 11.6. The average Bonchev–Trinajstić information content (AvgIpc) is 2.47. The van der Waals surface area contributed by atoms with Crippen molar-refractivity contribution in [2.45, 2.75) is 25.7 Å². The number of unbranched alkanes of at least 4 members (excludes halogenated alkanes) is 2. The number of carboxylic acids is 1. The van der Waals surface area contributed by atoms with Crippen molar-refractivity contribution in [1.82, 2.24) is 5.32 Å². The normalized spacial score (nSPS) is 13.6. The molecule has 0 fully saturated rings. The Labute approximate surface area is 122 Å². The van der Waals surface area contributed by atoms with Gasteiger partial charge in [0.25, 0.3) is 0 Å². The van der Waals surface area contributed by atoms with Crippen LogP contribution in [0.3, 0.4) is 0 Å². The molecule has 0 aliphatic heterocycles. The fraction of sp³-hybridized carbons (Fsp3) is 0.312. The van der Waals surface area contributed by atoms with Crippen LogP contribution in [0.1, 0.15) is 46.4 Å². The summed E-state index contributed by atoms with van der Waals surface area (Å²) in [5, 5.41) is 11.5. The summed E-state index contributed by atoms with van der Waals surface area (Å²) in [4.78, 5) is 34.5. The highest BCUT2D eigenvalue weighted by Gasteiger charge is 2.24. The van der Waals surface area contributed by atoms with Gasteiger partial charge in [0.15, 0.2) is 5.78 Å². The maximum absolute atomic E-state index is 12.2. The van der Waals surface area contributed by atoms with E-state index in [0.29, 0.717) is 29.8 Å². The van der Waals surface area contributed by atoms with Gasteiger partial charge >= 0.3 is 5.97 Å². The SMILES string of the molecule is O=C(O)CCCCCNC1=CC(=O)c2ccccc2C1=O. The summed E-state index contributed by atoms with van der Waals surface area (Å²) in [5.74, 6) is -1.13. The zero-order chi connectivity index (χ0) is 15.2. The largest absolute Gasteiger partial charge is 0.481 e. The molecule has 0 atom stereocenters. The molecule has 1 aliphatic rings. The van der Waals surface area contributed by atoms with Crippen LogP contribution >= 0.6 is 0 Å². The van der Waals surface area contributed by atoms with Gasteiger partial charge in [-0.2, -0.15) is 0 Å². The number of allylic oxidation sites excluding steroid dienone is 2. The fourth-order valence-electron chi connectivity index (χ4n) is 2.25. The van der Waals surface area contributed by atoms with Gasteiger partial charge in [0.05, 0.1) is 5.70 Å². The summed E-state index contributed by atoms with van der Waals surface area (Å²) < 4.78 is 0. The summed E-state index contributed by atoms with van der Waals surface area (Å²) in [6, 6.07) is 6.77. The highest BCUT2D eigenvalue weighted by Crippen LogP contribution is 2.19. The lowest BCUT2D eigenvalue weighted by Crippen LogP contribution is -2.27. The van der Waals surface area contributed by atoms with Gasteiger partial charge in [0.2, 0.25) is 5.78 Å². The molecule has 5 heteroatoms. The highest BCUT2D eigenvalue weighted by atomic mass is 16.4. The molecule has 1 aromatic carbocycles. The number of rotatable bonds is 7. The molecule has 2 N–H and O–H groups in total. The van der Waals surface area contributed by atoms with Crippen LogP contribution in [0, 0.1) is 0 Å². The Kier molecular flexibility index (Phi) is 4.87. The van der Waals surface area contributed by atoms with Crippen LogP contribution in [0.4, 0.5) is 0 Å². The van der Waals surface area contributed by atoms with Crippen molar-refractivity contribution in [3.05, 3.63) is 47.2 Å². The summed E-state index contributed by atoms with van der Waals surface area (Å²) in [6.45, 7) is 0.548. The Balaban J connectivity index is 1.86. The summed E-state index contributed by atoms with van der Waals surface area (Å²) in [7, 11) is 0. The van der Waals surface area contributed by atoms with Crippen molar-refractivity contribution in [1.29, 1.82) is 0 Å². The first-order chi connectivity index (χ1) is 10.1. The molecule has 1 aliphatic carbocycles. The molecule has 1 aromatic rings. The Morgan fingerprint density at radius 1 is 1.05 bits per heavy atom. The third-order valence-corrected chi connectivity index (χ3v) is 3.34. The van der Waals surface area contributed by atoms with Crippen LogP contribution in [0.15, 0.2) is 36.0 Å².